The van der Waals surface area contributed by atoms with Gasteiger partial charge in [-0.2, -0.15) is 0 Å². The van der Waals surface area contributed by atoms with Crippen molar-refractivity contribution in [3.63, 3.8) is 0 Å². The van der Waals surface area contributed by atoms with Crippen molar-refractivity contribution in [2.24, 2.45) is 11.8 Å². The molecule has 0 aromatic carbocycles. The molecule has 1 fully saturated rings. The van der Waals surface area contributed by atoms with Gasteiger partial charge in [0.05, 0.1) is 12.1 Å². The van der Waals surface area contributed by atoms with E-state index in [4.69, 9.17) is 4.74 Å². The molecule has 0 atom stereocenters. The van der Waals surface area contributed by atoms with Gasteiger partial charge in [-0.3, -0.25) is 9.78 Å². The van der Waals surface area contributed by atoms with Gasteiger partial charge in [-0.25, -0.2) is 0 Å². The zero-order chi connectivity index (χ0) is 21.4. The Morgan fingerprint density at radius 3 is 2.10 bits per heavy atom. The first-order valence-corrected chi connectivity index (χ1v) is 12.9. The van der Waals surface area contributed by atoms with Crippen molar-refractivity contribution in [1.82, 2.24) is 4.98 Å². The number of hydrogen-bond acceptors (Lipinski definition) is 3. The highest BCUT2D eigenvalue weighted by atomic mass is 16.5. The lowest BCUT2D eigenvalue weighted by Gasteiger charge is -2.27. The number of carbonyl (C=O) groups is 1. The van der Waals surface area contributed by atoms with Crippen LogP contribution < -0.4 is 4.74 Å². The summed E-state index contributed by atoms with van der Waals surface area (Å²) in [5.74, 6) is 1.43. The molecule has 1 aromatic heterocycles. The zero-order valence-corrected chi connectivity index (χ0v) is 19.7. The van der Waals surface area contributed by atoms with Gasteiger partial charge >= 0.3 is 5.97 Å². The molecular formula is C27H45NO2. The number of aromatic nitrogens is 1. The fraction of sp³-hybridized carbons (Fsp3) is 0.778. The van der Waals surface area contributed by atoms with Crippen LogP contribution in [0.5, 0.6) is 5.75 Å². The number of pyridine rings is 1. The van der Waals surface area contributed by atoms with Gasteiger partial charge in [-0.15, -0.1) is 0 Å². The molecule has 1 aromatic rings. The first-order valence-electron chi connectivity index (χ1n) is 12.9. The highest BCUT2D eigenvalue weighted by molar-refractivity contribution is 5.75. The summed E-state index contributed by atoms with van der Waals surface area (Å²) in [7, 11) is 0. The lowest BCUT2D eigenvalue weighted by Crippen LogP contribution is -2.25. The molecular weight excluding hydrogens is 370 g/mol. The second kappa shape index (κ2) is 15.4. The maximum atomic E-state index is 12.5. The Kier molecular flexibility index (Phi) is 12.8. The SMILES string of the molecule is CCCCCCCCCCCC1CCC(C(=O)Oc2ccc(CCCC)nc2)CC1. The van der Waals surface area contributed by atoms with Crippen molar-refractivity contribution < 1.29 is 9.53 Å². The van der Waals surface area contributed by atoms with Gasteiger partial charge in [-0.05, 0) is 56.6 Å². The number of nitrogens with zero attached hydrogens (tertiary/aromatic N) is 1. The molecule has 0 radical (unpaired) electrons. The smallest absolute Gasteiger partial charge is 0.314 e. The molecule has 0 aliphatic heterocycles. The van der Waals surface area contributed by atoms with E-state index in [1.54, 1.807) is 6.20 Å². The van der Waals surface area contributed by atoms with E-state index in [9.17, 15) is 4.79 Å². The molecule has 1 aliphatic carbocycles. The van der Waals surface area contributed by atoms with E-state index < -0.39 is 0 Å². The molecule has 0 saturated heterocycles. The normalized spacial score (nSPS) is 19.0. The lowest BCUT2D eigenvalue weighted by molar-refractivity contribution is -0.140. The van der Waals surface area contributed by atoms with E-state index in [1.807, 2.05) is 12.1 Å². The Bertz CT molecular complexity index is 561. The molecule has 0 amide bonds. The van der Waals surface area contributed by atoms with Crippen molar-refractivity contribution >= 4 is 5.97 Å². The monoisotopic (exact) mass is 415 g/mol. The molecule has 3 heteroatoms. The third-order valence-corrected chi connectivity index (χ3v) is 6.70. The quantitative estimate of drug-likeness (QED) is 0.215. The zero-order valence-electron chi connectivity index (χ0n) is 19.7. The number of aryl methyl sites for hydroxylation is 1. The topological polar surface area (TPSA) is 39.2 Å². The number of carbonyl (C=O) groups excluding carboxylic acids is 1. The van der Waals surface area contributed by atoms with Crippen LogP contribution in [0.25, 0.3) is 0 Å². The van der Waals surface area contributed by atoms with Gasteiger partial charge in [0, 0.05) is 5.69 Å². The van der Waals surface area contributed by atoms with Crippen molar-refractivity contribution in [1.29, 1.82) is 0 Å². The van der Waals surface area contributed by atoms with Gasteiger partial charge in [0.25, 0.3) is 0 Å². The molecule has 30 heavy (non-hydrogen) atoms. The average molecular weight is 416 g/mol. The minimum atomic E-state index is -0.0559. The average Bonchev–Trinajstić information content (AvgIpc) is 2.78. The Morgan fingerprint density at radius 2 is 1.50 bits per heavy atom. The Labute approximate surface area is 185 Å². The summed E-state index contributed by atoms with van der Waals surface area (Å²) in [6.45, 7) is 4.46. The van der Waals surface area contributed by atoms with Gasteiger partial charge in [0.1, 0.15) is 5.75 Å². The lowest BCUT2D eigenvalue weighted by atomic mass is 9.80. The summed E-state index contributed by atoms with van der Waals surface area (Å²) in [5, 5.41) is 0. The third-order valence-electron chi connectivity index (χ3n) is 6.70. The Hall–Kier alpha value is -1.38. The number of unbranched alkanes of at least 4 members (excludes halogenated alkanes) is 9. The minimum Gasteiger partial charge on any atom is -0.425 e. The first kappa shape index (κ1) is 24.9. The van der Waals surface area contributed by atoms with Crippen LogP contribution in [0.3, 0.4) is 0 Å². The third kappa shape index (κ3) is 10.1. The molecule has 170 valence electrons. The largest absolute Gasteiger partial charge is 0.425 e. The number of ether oxygens (including phenoxy) is 1. The van der Waals surface area contributed by atoms with Gasteiger partial charge in [-0.1, -0.05) is 84.5 Å². The summed E-state index contributed by atoms with van der Waals surface area (Å²) in [6, 6.07) is 3.88. The summed E-state index contributed by atoms with van der Waals surface area (Å²) >= 11 is 0. The molecule has 1 heterocycles. The molecule has 0 N–H and O–H groups in total. The van der Waals surface area contributed by atoms with Crippen molar-refractivity contribution in [2.45, 2.75) is 123 Å². The van der Waals surface area contributed by atoms with Crippen molar-refractivity contribution in [3.05, 3.63) is 24.0 Å². The van der Waals surface area contributed by atoms with E-state index in [2.05, 4.69) is 18.8 Å². The second-order valence-corrected chi connectivity index (χ2v) is 9.34. The van der Waals surface area contributed by atoms with E-state index >= 15 is 0 Å². The van der Waals surface area contributed by atoms with E-state index in [-0.39, 0.29) is 11.9 Å². The minimum absolute atomic E-state index is 0.0559. The number of hydrogen-bond donors (Lipinski definition) is 0. The van der Waals surface area contributed by atoms with Crippen molar-refractivity contribution in [3.8, 4) is 5.75 Å². The molecule has 2 rings (SSSR count). The van der Waals surface area contributed by atoms with Gasteiger partial charge in [0.2, 0.25) is 0 Å². The summed E-state index contributed by atoms with van der Waals surface area (Å²) in [6.07, 6.45) is 23.3. The van der Waals surface area contributed by atoms with Crippen molar-refractivity contribution in [2.75, 3.05) is 0 Å². The summed E-state index contributed by atoms with van der Waals surface area (Å²) in [4.78, 5) is 16.9. The fourth-order valence-electron chi connectivity index (χ4n) is 4.61. The highest BCUT2D eigenvalue weighted by Crippen LogP contribution is 2.33. The number of rotatable bonds is 15. The molecule has 1 saturated carbocycles. The first-order chi connectivity index (χ1) is 14.7. The predicted molar refractivity (Wildman–Crippen MR) is 126 cm³/mol. The van der Waals surface area contributed by atoms with Crippen LogP contribution in [-0.4, -0.2) is 11.0 Å². The Balaban J connectivity index is 1.54. The molecule has 1 aliphatic rings. The second-order valence-electron chi connectivity index (χ2n) is 9.34. The molecule has 0 unspecified atom stereocenters. The maximum Gasteiger partial charge on any atom is 0.314 e. The van der Waals surface area contributed by atoms with E-state index in [0.29, 0.717) is 5.75 Å². The maximum absolute atomic E-state index is 12.5. The molecule has 0 bridgehead atoms. The van der Waals surface area contributed by atoms with Crippen LogP contribution >= 0.6 is 0 Å². The summed E-state index contributed by atoms with van der Waals surface area (Å²) < 4.78 is 5.61. The van der Waals surface area contributed by atoms with Crippen LogP contribution in [0.15, 0.2) is 18.3 Å². The predicted octanol–water partition coefficient (Wildman–Crippen LogP) is 8.06. The number of esters is 1. The van der Waals surface area contributed by atoms with E-state index in [0.717, 1.165) is 37.3 Å². The van der Waals surface area contributed by atoms with Crippen LogP contribution in [0.2, 0.25) is 0 Å². The van der Waals surface area contributed by atoms with Crippen LogP contribution in [0, 0.1) is 11.8 Å². The molecule has 3 nitrogen and oxygen atoms in total. The van der Waals surface area contributed by atoms with Gasteiger partial charge in [0.15, 0.2) is 0 Å². The standard InChI is InChI=1S/C27H45NO2/c1-3-5-7-8-9-10-11-12-13-14-23-16-18-24(19-17-23)27(29)30-26-21-20-25(28-22-26)15-6-4-2/h20-24H,3-19H2,1-2H3. The van der Waals surface area contributed by atoms with Crippen LogP contribution in [-0.2, 0) is 11.2 Å². The van der Waals surface area contributed by atoms with Crippen LogP contribution in [0.4, 0.5) is 0 Å². The molecule has 0 spiro atoms. The highest BCUT2D eigenvalue weighted by Gasteiger charge is 2.27. The Morgan fingerprint density at radius 1 is 0.867 bits per heavy atom. The van der Waals surface area contributed by atoms with E-state index in [1.165, 1.54) is 83.5 Å². The van der Waals surface area contributed by atoms with Gasteiger partial charge < -0.3 is 4.74 Å². The fourth-order valence-corrected chi connectivity index (χ4v) is 4.61. The summed E-state index contributed by atoms with van der Waals surface area (Å²) in [5.41, 5.74) is 1.08. The van der Waals surface area contributed by atoms with Crippen LogP contribution in [0.1, 0.15) is 122 Å².